The van der Waals surface area contributed by atoms with Gasteiger partial charge in [-0.2, -0.15) is 5.10 Å². The standard InChI is InChI=1S/C15H28N4/c1-6-15(5)7-9-18(10-8-15)14-13(16)12(4)17-19(14)11(2)3/h11H,6-10,16H2,1-5H3. The molecule has 0 unspecified atom stereocenters. The maximum absolute atomic E-state index is 6.25. The highest BCUT2D eigenvalue weighted by Crippen LogP contribution is 2.38. The van der Waals surface area contributed by atoms with Crippen molar-refractivity contribution in [3.05, 3.63) is 5.69 Å². The van der Waals surface area contributed by atoms with E-state index in [2.05, 4.69) is 42.4 Å². The van der Waals surface area contributed by atoms with Crippen LogP contribution in [0.1, 0.15) is 58.7 Å². The van der Waals surface area contributed by atoms with E-state index in [0.29, 0.717) is 11.5 Å². The molecule has 0 radical (unpaired) electrons. The molecule has 1 aromatic heterocycles. The summed E-state index contributed by atoms with van der Waals surface area (Å²) in [7, 11) is 0. The lowest BCUT2D eigenvalue weighted by molar-refractivity contribution is 0.236. The van der Waals surface area contributed by atoms with E-state index in [1.165, 1.54) is 19.3 Å². The monoisotopic (exact) mass is 264 g/mol. The summed E-state index contributed by atoms with van der Waals surface area (Å²) < 4.78 is 2.08. The first-order valence-corrected chi connectivity index (χ1v) is 7.47. The topological polar surface area (TPSA) is 47.1 Å². The fourth-order valence-corrected chi connectivity index (χ4v) is 2.84. The second-order valence-corrected chi connectivity index (χ2v) is 6.51. The van der Waals surface area contributed by atoms with Crippen LogP contribution in [0.5, 0.6) is 0 Å². The Morgan fingerprint density at radius 2 is 1.89 bits per heavy atom. The molecule has 0 atom stereocenters. The molecule has 1 fully saturated rings. The summed E-state index contributed by atoms with van der Waals surface area (Å²) >= 11 is 0. The second-order valence-electron chi connectivity index (χ2n) is 6.51. The van der Waals surface area contributed by atoms with Gasteiger partial charge in [0.25, 0.3) is 0 Å². The van der Waals surface area contributed by atoms with E-state index in [1.807, 2.05) is 6.92 Å². The highest BCUT2D eigenvalue weighted by molar-refractivity contribution is 5.66. The lowest BCUT2D eigenvalue weighted by Crippen LogP contribution is -2.40. The fraction of sp³-hybridized carbons (Fsp3) is 0.800. The molecule has 19 heavy (non-hydrogen) atoms. The van der Waals surface area contributed by atoms with Crippen LogP contribution in [0.2, 0.25) is 0 Å². The molecule has 0 aromatic carbocycles. The molecule has 1 saturated heterocycles. The van der Waals surface area contributed by atoms with Crippen LogP contribution >= 0.6 is 0 Å². The average Bonchev–Trinajstić information content (AvgIpc) is 2.68. The Morgan fingerprint density at radius 1 is 1.32 bits per heavy atom. The van der Waals surface area contributed by atoms with Crippen molar-refractivity contribution in [2.45, 2.75) is 59.9 Å². The molecule has 108 valence electrons. The van der Waals surface area contributed by atoms with Crippen LogP contribution in [0, 0.1) is 12.3 Å². The molecule has 2 rings (SSSR count). The maximum Gasteiger partial charge on any atom is 0.150 e. The molecule has 4 heteroatoms. The number of nitrogen functional groups attached to an aromatic ring is 1. The zero-order valence-electron chi connectivity index (χ0n) is 13.0. The first-order valence-electron chi connectivity index (χ1n) is 7.47. The van der Waals surface area contributed by atoms with Gasteiger partial charge in [0, 0.05) is 19.1 Å². The zero-order chi connectivity index (χ0) is 14.2. The van der Waals surface area contributed by atoms with Crippen LogP contribution in [-0.2, 0) is 0 Å². The molecule has 2 heterocycles. The largest absolute Gasteiger partial charge is 0.394 e. The van der Waals surface area contributed by atoms with Gasteiger partial charge in [-0.15, -0.1) is 0 Å². The van der Waals surface area contributed by atoms with Crippen LogP contribution in [0.4, 0.5) is 11.5 Å². The van der Waals surface area contributed by atoms with Gasteiger partial charge >= 0.3 is 0 Å². The summed E-state index contributed by atoms with van der Waals surface area (Å²) in [6.07, 6.45) is 3.75. The Morgan fingerprint density at radius 3 is 2.37 bits per heavy atom. The second kappa shape index (κ2) is 5.06. The number of aromatic nitrogens is 2. The molecule has 0 spiro atoms. The number of nitrogens with zero attached hydrogens (tertiary/aromatic N) is 3. The third-order valence-corrected chi connectivity index (χ3v) is 4.72. The number of anilines is 2. The lowest BCUT2D eigenvalue weighted by Gasteiger charge is -2.40. The number of aryl methyl sites for hydroxylation is 1. The maximum atomic E-state index is 6.25. The Bertz CT molecular complexity index is 439. The summed E-state index contributed by atoms with van der Waals surface area (Å²) in [5, 5.41) is 4.59. The van der Waals surface area contributed by atoms with Crippen LogP contribution in [0.15, 0.2) is 0 Å². The minimum absolute atomic E-state index is 0.352. The molecular formula is C15H28N4. The SMILES string of the molecule is CCC1(C)CCN(c2c(N)c(C)nn2C(C)C)CC1. The predicted molar refractivity (Wildman–Crippen MR) is 81.6 cm³/mol. The van der Waals surface area contributed by atoms with Gasteiger partial charge in [0.1, 0.15) is 0 Å². The van der Waals surface area contributed by atoms with E-state index in [0.717, 1.165) is 30.3 Å². The number of hydrogen-bond donors (Lipinski definition) is 1. The molecule has 1 aliphatic heterocycles. The Hall–Kier alpha value is -1.19. The third-order valence-electron chi connectivity index (χ3n) is 4.72. The van der Waals surface area contributed by atoms with E-state index in [4.69, 9.17) is 5.73 Å². The van der Waals surface area contributed by atoms with Crippen LogP contribution in [-0.4, -0.2) is 22.9 Å². The quantitative estimate of drug-likeness (QED) is 0.910. The smallest absolute Gasteiger partial charge is 0.150 e. The fourth-order valence-electron chi connectivity index (χ4n) is 2.84. The van der Waals surface area contributed by atoms with Gasteiger partial charge in [-0.1, -0.05) is 20.3 Å². The molecule has 0 aliphatic carbocycles. The van der Waals surface area contributed by atoms with Crippen molar-refractivity contribution in [2.75, 3.05) is 23.7 Å². The van der Waals surface area contributed by atoms with Gasteiger partial charge in [-0.3, -0.25) is 0 Å². The summed E-state index contributed by atoms with van der Waals surface area (Å²) in [5.41, 5.74) is 8.56. The number of nitrogens with two attached hydrogens (primary N) is 1. The van der Waals surface area contributed by atoms with Crippen molar-refractivity contribution in [1.29, 1.82) is 0 Å². The lowest BCUT2D eigenvalue weighted by atomic mass is 9.78. The van der Waals surface area contributed by atoms with E-state index >= 15 is 0 Å². The number of rotatable bonds is 3. The highest BCUT2D eigenvalue weighted by atomic mass is 15.4. The summed E-state index contributed by atoms with van der Waals surface area (Å²) in [5.74, 6) is 1.13. The third kappa shape index (κ3) is 2.58. The molecule has 0 saturated carbocycles. The first kappa shape index (κ1) is 14.2. The Kier molecular flexibility index (Phi) is 3.79. The minimum atomic E-state index is 0.352. The van der Waals surface area contributed by atoms with Gasteiger partial charge in [0.05, 0.1) is 11.4 Å². The molecule has 1 aromatic rings. The molecule has 0 amide bonds. The van der Waals surface area contributed by atoms with Crippen LogP contribution in [0.3, 0.4) is 0 Å². The van der Waals surface area contributed by atoms with Crippen molar-refractivity contribution in [1.82, 2.24) is 9.78 Å². The molecule has 0 bridgehead atoms. The average molecular weight is 264 g/mol. The highest BCUT2D eigenvalue weighted by Gasteiger charge is 2.31. The normalized spacial score (nSPS) is 19.2. The Labute approximate surface area is 117 Å². The van der Waals surface area contributed by atoms with E-state index in [9.17, 15) is 0 Å². The number of hydrogen-bond acceptors (Lipinski definition) is 3. The van der Waals surface area contributed by atoms with Gasteiger partial charge in [-0.05, 0) is 39.0 Å². The van der Waals surface area contributed by atoms with Gasteiger partial charge in [-0.25, -0.2) is 4.68 Å². The zero-order valence-corrected chi connectivity index (χ0v) is 13.0. The van der Waals surface area contributed by atoms with Crippen molar-refractivity contribution in [2.24, 2.45) is 5.41 Å². The molecule has 1 aliphatic rings. The number of piperidine rings is 1. The molecular weight excluding hydrogens is 236 g/mol. The minimum Gasteiger partial charge on any atom is -0.394 e. The van der Waals surface area contributed by atoms with Gasteiger partial charge < -0.3 is 10.6 Å². The van der Waals surface area contributed by atoms with E-state index in [1.54, 1.807) is 0 Å². The van der Waals surface area contributed by atoms with Crippen molar-refractivity contribution in [3.8, 4) is 0 Å². The molecule has 4 nitrogen and oxygen atoms in total. The summed E-state index contributed by atoms with van der Waals surface area (Å²) in [6, 6.07) is 0.352. The van der Waals surface area contributed by atoms with E-state index in [-0.39, 0.29) is 0 Å². The van der Waals surface area contributed by atoms with Gasteiger partial charge in [0.2, 0.25) is 0 Å². The summed E-state index contributed by atoms with van der Waals surface area (Å²) in [6.45, 7) is 13.2. The first-order chi connectivity index (χ1) is 8.88. The van der Waals surface area contributed by atoms with Crippen LogP contribution in [0.25, 0.3) is 0 Å². The van der Waals surface area contributed by atoms with E-state index < -0.39 is 0 Å². The summed E-state index contributed by atoms with van der Waals surface area (Å²) in [4.78, 5) is 2.42. The van der Waals surface area contributed by atoms with Crippen molar-refractivity contribution >= 4 is 11.5 Å². The van der Waals surface area contributed by atoms with Crippen molar-refractivity contribution in [3.63, 3.8) is 0 Å². The van der Waals surface area contributed by atoms with Crippen molar-refractivity contribution < 1.29 is 0 Å². The van der Waals surface area contributed by atoms with Gasteiger partial charge in [0.15, 0.2) is 5.82 Å². The predicted octanol–water partition coefficient (Wildman–Crippen LogP) is 3.37. The Balaban J connectivity index is 2.24. The van der Waals surface area contributed by atoms with Crippen LogP contribution < -0.4 is 10.6 Å². The molecule has 2 N–H and O–H groups in total.